The van der Waals surface area contributed by atoms with Crippen molar-refractivity contribution in [3.05, 3.63) is 0 Å². The molecule has 0 radical (unpaired) electrons. The third-order valence-electron chi connectivity index (χ3n) is 2.70. The Balaban J connectivity index is 2.97. The lowest BCUT2D eigenvalue weighted by Crippen LogP contribution is -2.47. The molecular formula is C8H16ClNO2S. The van der Waals surface area contributed by atoms with Crippen LogP contribution in [-0.2, 0) is 10.0 Å². The van der Waals surface area contributed by atoms with Gasteiger partial charge < -0.3 is 0 Å². The zero-order valence-electron chi connectivity index (χ0n) is 8.25. The molecule has 0 aromatic rings. The van der Waals surface area contributed by atoms with Gasteiger partial charge in [0, 0.05) is 12.1 Å². The zero-order chi connectivity index (χ0) is 10.3. The standard InChI is InChI=1S/C8H16ClNO2S/c1-4-13(11,12)10-6-5-7(9)8(10,2)3/h7H,4-6H2,1-3H3. The molecule has 1 fully saturated rings. The van der Waals surface area contributed by atoms with E-state index < -0.39 is 15.6 Å². The van der Waals surface area contributed by atoms with E-state index in [1.807, 2.05) is 13.8 Å². The molecule has 0 N–H and O–H groups in total. The molecule has 1 aliphatic rings. The summed E-state index contributed by atoms with van der Waals surface area (Å²) in [6, 6.07) is 0. The zero-order valence-corrected chi connectivity index (χ0v) is 9.82. The van der Waals surface area contributed by atoms with Crippen molar-refractivity contribution in [1.82, 2.24) is 4.31 Å². The van der Waals surface area contributed by atoms with Gasteiger partial charge in [-0.25, -0.2) is 8.42 Å². The lowest BCUT2D eigenvalue weighted by Gasteiger charge is -2.32. The smallest absolute Gasteiger partial charge is 0.212 e. The van der Waals surface area contributed by atoms with Crippen molar-refractivity contribution < 1.29 is 8.42 Å². The van der Waals surface area contributed by atoms with E-state index >= 15 is 0 Å². The summed E-state index contributed by atoms with van der Waals surface area (Å²) in [6.45, 7) is 5.97. The molecule has 0 spiro atoms. The van der Waals surface area contributed by atoms with Crippen LogP contribution in [0.3, 0.4) is 0 Å². The SMILES string of the molecule is CCS(=O)(=O)N1CCC(Cl)C1(C)C. The van der Waals surface area contributed by atoms with Gasteiger partial charge in [-0.2, -0.15) is 4.31 Å². The average molecular weight is 226 g/mol. The van der Waals surface area contributed by atoms with Gasteiger partial charge in [-0.3, -0.25) is 0 Å². The second kappa shape index (κ2) is 3.41. The van der Waals surface area contributed by atoms with Crippen molar-refractivity contribution in [2.45, 2.75) is 38.1 Å². The summed E-state index contributed by atoms with van der Waals surface area (Å²) in [5, 5.41) is -0.0752. The molecule has 1 rings (SSSR count). The predicted molar refractivity (Wildman–Crippen MR) is 54.5 cm³/mol. The maximum Gasteiger partial charge on any atom is 0.214 e. The van der Waals surface area contributed by atoms with Crippen LogP contribution < -0.4 is 0 Å². The number of hydrogen-bond acceptors (Lipinski definition) is 2. The van der Waals surface area contributed by atoms with Gasteiger partial charge in [0.05, 0.1) is 11.1 Å². The molecule has 0 bridgehead atoms. The van der Waals surface area contributed by atoms with Crippen molar-refractivity contribution >= 4 is 21.6 Å². The number of halogens is 1. The first-order chi connectivity index (χ1) is 5.82. The fourth-order valence-electron chi connectivity index (χ4n) is 1.68. The highest BCUT2D eigenvalue weighted by atomic mass is 35.5. The van der Waals surface area contributed by atoms with Crippen LogP contribution in [0.1, 0.15) is 27.2 Å². The quantitative estimate of drug-likeness (QED) is 0.667. The maximum atomic E-state index is 11.6. The largest absolute Gasteiger partial charge is 0.214 e. The molecule has 78 valence electrons. The first kappa shape index (κ1) is 11.3. The van der Waals surface area contributed by atoms with Gasteiger partial charge in [-0.15, -0.1) is 11.6 Å². The lowest BCUT2D eigenvalue weighted by atomic mass is 10.0. The van der Waals surface area contributed by atoms with Crippen LogP contribution in [0.25, 0.3) is 0 Å². The van der Waals surface area contributed by atoms with Gasteiger partial charge in [-0.1, -0.05) is 0 Å². The summed E-state index contributed by atoms with van der Waals surface area (Å²) in [5.74, 6) is 0.153. The van der Waals surface area contributed by atoms with Crippen molar-refractivity contribution in [2.24, 2.45) is 0 Å². The van der Waals surface area contributed by atoms with Crippen molar-refractivity contribution in [3.63, 3.8) is 0 Å². The molecule has 0 aromatic carbocycles. The monoisotopic (exact) mass is 225 g/mol. The van der Waals surface area contributed by atoms with E-state index in [1.54, 1.807) is 6.92 Å². The Morgan fingerprint density at radius 3 is 2.38 bits per heavy atom. The Morgan fingerprint density at radius 2 is 2.08 bits per heavy atom. The van der Waals surface area contributed by atoms with Gasteiger partial charge in [0.1, 0.15) is 0 Å². The van der Waals surface area contributed by atoms with Gasteiger partial charge in [-0.05, 0) is 27.2 Å². The second-order valence-corrected chi connectivity index (χ2v) is 6.59. The van der Waals surface area contributed by atoms with Crippen LogP contribution in [0, 0.1) is 0 Å². The van der Waals surface area contributed by atoms with Crippen molar-refractivity contribution in [3.8, 4) is 0 Å². The molecule has 3 nitrogen and oxygen atoms in total. The van der Waals surface area contributed by atoms with E-state index in [0.717, 1.165) is 6.42 Å². The third-order valence-corrected chi connectivity index (χ3v) is 5.50. The number of nitrogens with zero attached hydrogens (tertiary/aromatic N) is 1. The molecule has 0 saturated carbocycles. The van der Waals surface area contributed by atoms with E-state index in [-0.39, 0.29) is 11.1 Å². The molecule has 1 heterocycles. The summed E-state index contributed by atoms with van der Waals surface area (Å²) >= 11 is 6.06. The highest BCUT2D eigenvalue weighted by Crippen LogP contribution is 2.35. The van der Waals surface area contributed by atoms with Gasteiger partial charge >= 0.3 is 0 Å². The van der Waals surface area contributed by atoms with Crippen LogP contribution >= 0.6 is 11.6 Å². The minimum atomic E-state index is -3.09. The molecule has 5 heteroatoms. The number of rotatable bonds is 2. The van der Waals surface area contributed by atoms with Crippen LogP contribution in [0.5, 0.6) is 0 Å². The summed E-state index contributed by atoms with van der Waals surface area (Å²) in [5.41, 5.74) is -0.434. The van der Waals surface area contributed by atoms with Crippen LogP contribution in [0.15, 0.2) is 0 Å². The Morgan fingerprint density at radius 1 is 1.54 bits per heavy atom. The highest BCUT2D eigenvalue weighted by Gasteiger charge is 2.45. The fraction of sp³-hybridized carbons (Fsp3) is 1.00. The topological polar surface area (TPSA) is 37.4 Å². The van der Waals surface area contributed by atoms with Crippen LogP contribution in [0.2, 0.25) is 0 Å². The molecule has 0 aliphatic carbocycles. The number of hydrogen-bond donors (Lipinski definition) is 0. The van der Waals surface area contributed by atoms with Crippen LogP contribution in [-0.4, -0.2) is 35.9 Å². The van der Waals surface area contributed by atoms with E-state index in [1.165, 1.54) is 4.31 Å². The normalized spacial score (nSPS) is 29.4. The first-order valence-electron chi connectivity index (χ1n) is 4.47. The second-order valence-electron chi connectivity index (χ2n) is 3.88. The predicted octanol–water partition coefficient (Wildman–Crippen LogP) is 1.43. The maximum absolute atomic E-state index is 11.6. The highest BCUT2D eigenvalue weighted by molar-refractivity contribution is 7.89. The number of alkyl halides is 1. The molecule has 0 aromatic heterocycles. The van der Waals surface area contributed by atoms with E-state index in [4.69, 9.17) is 11.6 Å². The van der Waals surface area contributed by atoms with Crippen molar-refractivity contribution in [1.29, 1.82) is 0 Å². The Bertz CT molecular complexity index is 287. The summed E-state index contributed by atoms with van der Waals surface area (Å²) in [4.78, 5) is 0. The minimum absolute atomic E-state index is 0.0752. The van der Waals surface area contributed by atoms with Gasteiger partial charge in [0.15, 0.2) is 0 Å². The minimum Gasteiger partial charge on any atom is -0.212 e. The molecule has 1 unspecified atom stereocenters. The van der Waals surface area contributed by atoms with Gasteiger partial charge in [0.25, 0.3) is 0 Å². The van der Waals surface area contributed by atoms with E-state index in [2.05, 4.69) is 0 Å². The average Bonchev–Trinajstić information content (AvgIpc) is 2.28. The Labute approximate surface area is 85.1 Å². The molecular weight excluding hydrogens is 210 g/mol. The van der Waals surface area contributed by atoms with E-state index in [0.29, 0.717) is 6.54 Å². The Hall–Kier alpha value is 0.200. The molecule has 1 aliphatic heterocycles. The molecule has 13 heavy (non-hydrogen) atoms. The first-order valence-corrected chi connectivity index (χ1v) is 6.51. The number of sulfonamides is 1. The Kier molecular flexibility index (Phi) is 2.95. The van der Waals surface area contributed by atoms with E-state index in [9.17, 15) is 8.42 Å². The van der Waals surface area contributed by atoms with Crippen LogP contribution in [0.4, 0.5) is 0 Å². The van der Waals surface area contributed by atoms with Crippen molar-refractivity contribution in [2.75, 3.05) is 12.3 Å². The third kappa shape index (κ3) is 1.85. The summed E-state index contributed by atoms with van der Waals surface area (Å²) < 4.78 is 24.8. The fourth-order valence-corrected chi connectivity index (χ4v) is 3.49. The summed E-state index contributed by atoms with van der Waals surface area (Å²) in [7, 11) is -3.09. The molecule has 1 atom stereocenters. The lowest BCUT2D eigenvalue weighted by molar-refractivity contribution is 0.295. The molecule has 0 amide bonds. The molecule has 1 saturated heterocycles. The summed E-state index contributed by atoms with van der Waals surface area (Å²) in [6.07, 6.45) is 0.744. The van der Waals surface area contributed by atoms with Gasteiger partial charge in [0.2, 0.25) is 10.0 Å².